The van der Waals surface area contributed by atoms with Crippen LogP contribution in [0.3, 0.4) is 0 Å². The van der Waals surface area contributed by atoms with Gasteiger partial charge in [0.1, 0.15) is 11.9 Å². The van der Waals surface area contributed by atoms with Crippen LogP contribution in [0.4, 0.5) is 35.2 Å². The van der Waals surface area contributed by atoms with Crippen molar-refractivity contribution in [2.75, 3.05) is 22.5 Å². The van der Waals surface area contributed by atoms with Crippen molar-refractivity contribution in [1.29, 1.82) is 0 Å². The van der Waals surface area contributed by atoms with Gasteiger partial charge in [-0.15, -0.1) is 0 Å². The molecule has 194 valence electrons. The number of nitrogens with zero attached hydrogens (tertiary/aromatic N) is 2. The van der Waals surface area contributed by atoms with Gasteiger partial charge in [0.05, 0.1) is 10.5 Å². The van der Waals surface area contributed by atoms with Crippen LogP contribution in [0.2, 0.25) is 0 Å². The Morgan fingerprint density at radius 2 is 1.51 bits per heavy atom. The molecule has 1 fully saturated rings. The van der Waals surface area contributed by atoms with Gasteiger partial charge in [-0.05, 0) is 73.5 Å². The summed E-state index contributed by atoms with van der Waals surface area (Å²) in [5.41, 5.74) is -0.437. The van der Waals surface area contributed by atoms with E-state index in [4.69, 9.17) is 0 Å². The lowest BCUT2D eigenvalue weighted by molar-refractivity contribution is -0.137. The summed E-state index contributed by atoms with van der Waals surface area (Å²) < 4.78 is 65.6. The number of pyridine rings is 1. The summed E-state index contributed by atoms with van der Waals surface area (Å²) in [7, 11) is -4.00. The summed E-state index contributed by atoms with van der Waals surface area (Å²) in [6.07, 6.45) is -2.09. The van der Waals surface area contributed by atoms with Crippen molar-refractivity contribution < 1.29 is 31.2 Å². The van der Waals surface area contributed by atoms with Gasteiger partial charge in [0.25, 0.3) is 0 Å². The fraction of sp³-hybridized carbons (Fsp3) is 0.208. The molecular formula is C24H22F3N5O4S. The lowest BCUT2D eigenvalue weighted by Crippen LogP contribution is -2.43. The van der Waals surface area contributed by atoms with Crippen LogP contribution in [0, 0.1) is 0 Å². The molecule has 0 unspecified atom stereocenters. The zero-order valence-corrected chi connectivity index (χ0v) is 20.0. The normalized spacial score (nSPS) is 16.2. The first kappa shape index (κ1) is 26.1. The van der Waals surface area contributed by atoms with Gasteiger partial charge in [-0.1, -0.05) is 6.07 Å². The standard InChI is InChI=1S/C24H22F3N5O4S/c25-24(26,27)16-6-8-17(9-7-16)29-23(34)30-18-10-12-19(13-11-18)37(35,36)32-15-3-4-20(32)22(33)31-21-5-1-2-14-28-21/h1-2,5-14,20H,3-4,15H2,(H,28,31,33)(H2,29,30,34)/t20-/m0/s1. The number of carbonyl (C=O) groups is 2. The molecule has 4 rings (SSSR count). The van der Waals surface area contributed by atoms with E-state index in [0.717, 1.165) is 28.6 Å². The van der Waals surface area contributed by atoms with Gasteiger partial charge >= 0.3 is 12.2 Å². The van der Waals surface area contributed by atoms with E-state index in [2.05, 4.69) is 20.9 Å². The molecular weight excluding hydrogens is 511 g/mol. The summed E-state index contributed by atoms with van der Waals surface area (Å²) in [4.78, 5) is 28.9. The van der Waals surface area contributed by atoms with Gasteiger partial charge in [-0.3, -0.25) is 4.79 Å². The molecule has 1 aliphatic rings. The number of alkyl halides is 3. The fourth-order valence-electron chi connectivity index (χ4n) is 3.82. The zero-order valence-electron chi connectivity index (χ0n) is 19.2. The summed E-state index contributed by atoms with van der Waals surface area (Å²) >= 11 is 0. The van der Waals surface area contributed by atoms with Gasteiger partial charge in [-0.2, -0.15) is 17.5 Å². The van der Waals surface area contributed by atoms with Crippen LogP contribution >= 0.6 is 0 Å². The van der Waals surface area contributed by atoms with Crippen molar-refractivity contribution in [2.45, 2.75) is 30.0 Å². The predicted octanol–water partition coefficient (Wildman–Crippen LogP) is 4.54. The Morgan fingerprint density at radius 1 is 0.892 bits per heavy atom. The van der Waals surface area contributed by atoms with Crippen LogP contribution in [0.1, 0.15) is 18.4 Å². The molecule has 0 radical (unpaired) electrons. The third kappa shape index (κ3) is 6.24. The molecule has 2 aromatic carbocycles. The maximum absolute atomic E-state index is 13.2. The molecule has 3 aromatic rings. The molecule has 0 aliphatic carbocycles. The van der Waals surface area contributed by atoms with Crippen molar-refractivity contribution in [1.82, 2.24) is 9.29 Å². The smallest absolute Gasteiger partial charge is 0.309 e. The van der Waals surface area contributed by atoms with Gasteiger partial charge in [-0.25, -0.2) is 18.2 Å². The molecule has 1 atom stereocenters. The maximum atomic E-state index is 13.2. The minimum Gasteiger partial charge on any atom is -0.309 e. The van der Waals surface area contributed by atoms with Crippen LogP contribution < -0.4 is 16.0 Å². The first-order valence-electron chi connectivity index (χ1n) is 11.1. The average Bonchev–Trinajstić information content (AvgIpc) is 3.36. The molecule has 3 N–H and O–H groups in total. The number of amides is 3. The number of aromatic nitrogens is 1. The topological polar surface area (TPSA) is 121 Å². The molecule has 2 heterocycles. The number of rotatable bonds is 6. The zero-order chi connectivity index (χ0) is 26.6. The molecule has 9 nitrogen and oxygen atoms in total. The van der Waals surface area contributed by atoms with E-state index in [0.29, 0.717) is 18.7 Å². The second-order valence-electron chi connectivity index (χ2n) is 8.16. The second-order valence-corrected chi connectivity index (χ2v) is 10.0. The van der Waals surface area contributed by atoms with Gasteiger partial charge in [0, 0.05) is 24.1 Å². The first-order valence-corrected chi connectivity index (χ1v) is 12.6. The van der Waals surface area contributed by atoms with E-state index in [1.54, 1.807) is 18.2 Å². The molecule has 37 heavy (non-hydrogen) atoms. The van der Waals surface area contributed by atoms with E-state index in [-0.39, 0.29) is 22.8 Å². The Morgan fingerprint density at radius 3 is 2.08 bits per heavy atom. The molecule has 1 aliphatic heterocycles. The molecule has 3 amide bonds. The maximum Gasteiger partial charge on any atom is 0.416 e. The van der Waals surface area contributed by atoms with E-state index in [9.17, 15) is 31.2 Å². The molecule has 1 aromatic heterocycles. The molecule has 13 heteroatoms. The summed E-state index contributed by atoms with van der Waals surface area (Å²) in [6.45, 7) is 0.179. The third-order valence-electron chi connectivity index (χ3n) is 5.61. The quantitative estimate of drug-likeness (QED) is 0.430. The predicted molar refractivity (Wildman–Crippen MR) is 130 cm³/mol. The number of nitrogens with one attached hydrogen (secondary N) is 3. The molecule has 1 saturated heterocycles. The highest BCUT2D eigenvalue weighted by Gasteiger charge is 2.39. The third-order valence-corrected chi connectivity index (χ3v) is 7.53. The fourth-order valence-corrected chi connectivity index (χ4v) is 5.47. The Hall–Kier alpha value is -3.97. The second kappa shape index (κ2) is 10.6. The molecule has 0 bridgehead atoms. The number of hydrogen-bond donors (Lipinski definition) is 3. The highest BCUT2D eigenvalue weighted by Crippen LogP contribution is 2.30. The monoisotopic (exact) mass is 533 g/mol. The van der Waals surface area contributed by atoms with Crippen LogP contribution in [0.25, 0.3) is 0 Å². The number of halogens is 3. The highest BCUT2D eigenvalue weighted by atomic mass is 32.2. The summed E-state index contributed by atoms with van der Waals surface area (Å²) in [6, 6.07) is 12.7. The number of sulfonamides is 1. The van der Waals surface area contributed by atoms with E-state index < -0.39 is 39.7 Å². The summed E-state index contributed by atoms with van der Waals surface area (Å²) in [5.74, 6) is -0.153. The lowest BCUT2D eigenvalue weighted by Gasteiger charge is -2.23. The van der Waals surface area contributed by atoms with Crippen LogP contribution in [-0.2, 0) is 21.0 Å². The largest absolute Gasteiger partial charge is 0.416 e. The highest BCUT2D eigenvalue weighted by molar-refractivity contribution is 7.89. The molecule has 0 saturated carbocycles. The minimum absolute atomic E-state index is 0.0567. The van der Waals surface area contributed by atoms with Crippen molar-refractivity contribution in [2.24, 2.45) is 0 Å². The molecule has 0 spiro atoms. The number of urea groups is 1. The van der Waals surface area contributed by atoms with Crippen molar-refractivity contribution in [3.8, 4) is 0 Å². The van der Waals surface area contributed by atoms with E-state index in [1.807, 2.05) is 0 Å². The van der Waals surface area contributed by atoms with E-state index in [1.165, 1.54) is 30.5 Å². The Kier molecular flexibility index (Phi) is 7.45. The average molecular weight is 534 g/mol. The number of carbonyl (C=O) groups excluding carboxylic acids is 2. The summed E-state index contributed by atoms with van der Waals surface area (Å²) in [5, 5.41) is 7.52. The SMILES string of the molecule is O=C(Nc1ccc(C(F)(F)F)cc1)Nc1ccc(S(=O)(=O)N2CCC[C@H]2C(=O)Nc2ccccn2)cc1. The Bertz CT molecular complexity index is 1370. The minimum atomic E-state index is -4.49. The van der Waals surface area contributed by atoms with Crippen LogP contribution in [0.15, 0.2) is 77.8 Å². The Balaban J connectivity index is 1.39. The van der Waals surface area contributed by atoms with Crippen LogP contribution in [-0.4, -0.2) is 42.2 Å². The number of hydrogen-bond acceptors (Lipinski definition) is 5. The van der Waals surface area contributed by atoms with Crippen LogP contribution in [0.5, 0.6) is 0 Å². The van der Waals surface area contributed by atoms with Gasteiger partial charge in [0.2, 0.25) is 15.9 Å². The number of anilines is 3. The first-order chi connectivity index (χ1) is 17.5. The number of benzene rings is 2. The Labute approximate surface area is 210 Å². The van der Waals surface area contributed by atoms with Crippen molar-refractivity contribution >= 4 is 39.2 Å². The van der Waals surface area contributed by atoms with Crippen molar-refractivity contribution in [3.63, 3.8) is 0 Å². The lowest BCUT2D eigenvalue weighted by atomic mass is 10.2. The van der Waals surface area contributed by atoms with Gasteiger partial charge < -0.3 is 16.0 Å². The van der Waals surface area contributed by atoms with E-state index >= 15 is 0 Å². The van der Waals surface area contributed by atoms with Gasteiger partial charge in [0.15, 0.2) is 0 Å². The van der Waals surface area contributed by atoms with Crippen molar-refractivity contribution in [3.05, 3.63) is 78.5 Å².